The number of ether oxygens (including phenoxy) is 1. The van der Waals surface area contributed by atoms with Gasteiger partial charge in [-0.15, -0.1) is 0 Å². The Morgan fingerprint density at radius 1 is 1.32 bits per heavy atom. The Balaban J connectivity index is 1.91. The van der Waals surface area contributed by atoms with E-state index in [1.807, 2.05) is 19.1 Å². The van der Waals surface area contributed by atoms with Crippen LogP contribution in [0.4, 0.5) is 0 Å². The molecule has 2 aromatic heterocycles. The van der Waals surface area contributed by atoms with Crippen molar-refractivity contribution < 1.29 is 14.6 Å². The quantitative estimate of drug-likeness (QED) is 0.937. The second kappa shape index (κ2) is 5.99. The number of hydrogen-bond acceptors (Lipinski definition) is 3. The lowest BCUT2D eigenvalue weighted by Crippen LogP contribution is -2.16. The van der Waals surface area contributed by atoms with Crippen molar-refractivity contribution in [1.82, 2.24) is 9.61 Å². The van der Waals surface area contributed by atoms with Gasteiger partial charge in [0.2, 0.25) is 5.88 Å². The highest BCUT2D eigenvalue weighted by molar-refractivity contribution is 5.97. The maximum atomic E-state index is 11.4. The molecule has 0 aliphatic heterocycles. The second-order valence-electron chi connectivity index (χ2n) is 6.25. The van der Waals surface area contributed by atoms with Gasteiger partial charge < -0.3 is 9.84 Å². The summed E-state index contributed by atoms with van der Waals surface area (Å²) in [5, 5.41) is 13.7. The van der Waals surface area contributed by atoms with Crippen LogP contribution in [-0.4, -0.2) is 27.3 Å². The average molecular weight is 302 g/mol. The topological polar surface area (TPSA) is 63.8 Å². The van der Waals surface area contributed by atoms with E-state index in [0.29, 0.717) is 29.6 Å². The van der Waals surface area contributed by atoms with E-state index >= 15 is 0 Å². The molecule has 0 spiro atoms. The third-order valence-electron chi connectivity index (χ3n) is 4.43. The molecule has 0 aromatic carbocycles. The lowest BCUT2D eigenvalue weighted by Gasteiger charge is -2.21. The van der Waals surface area contributed by atoms with Gasteiger partial charge in [0, 0.05) is 6.07 Å². The molecule has 1 aliphatic carbocycles. The molecule has 1 N–H and O–H groups in total. The highest BCUT2D eigenvalue weighted by Gasteiger charge is 2.20. The first kappa shape index (κ1) is 14.9. The van der Waals surface area contributed by atoms with Crippen LogP contribution >= 0.6 is 0 Å². The van der Waals surface area contributed by atoms with Gasteiger partial charge >= 0.3 is 5.97 Å². The Morgan fingerprint density at radius 2 is 2.05 bits per heavy atom. The van der Waals surface area contributed by atoms with Crippen LogP contribution in [0.5, 0.6) is 5.88 Å². The predicted octanol–water partition coefficient (Wildman–Crippen LogP) is 3.61. The minimum atomic E-state index is -0.948. The van der Waals surface area contributed by atoms with Crippen molar-refractivity contribution in [1.29, 1.82) is 0 Å². The van der Waals surface area contributed by atoms with Gasteiger partial charge in [-0.1, -0.05) is 19.3 Å². The lowest BCUT2D eigenvalue weighted by molar-refractivity contribution is 0.0698. The largest absolute Gasteiger partial charge is 0.478 e. The van der Waals surface area contributed by atoms with Gasteiger partial charge in [0.1, 0.15) is 5.56 Å². The summed E-state index contributed by atoms with van der Waals surface area (Å²) >= 11 is 0. The fourth-order valence-corrected chi connectivity index (χ4v) is 3.28. The molecular weight excluding hydrogens is 280 g/mol. The molecule has 1 saturated carbocycles. The number of nitrogens with zero attached hydrogens (tertiary/aromatic N) is 2. The number of carbonyl (C=O) groups is 1. The molecule has 5 nitrogen and oxygen atoms in total. The molecular formula is C17H22N2O3. The number of carboxylic acid groups (broad SMARTS) is 1. The first-order valence-corrected chi connectivity index (χ1v) is 7.92. The van der Waals surface area contributed by atoms with Gasteiger partial charge in [0.25, 0.3) is 0 Å². The summed E-state index contributed by atoms with van der Waals surface area (Å²) in [6, 6.07) is 3.77. The molecule has 0 bridgehead atoms. The Hall–Kier alpha value is -2.04. The zero-order valence-corrected chi connectivity index (χ0v) is 13.1. The summed E-state index contributed by atoms with van der Waals surface area (Å²) in [4.78, 5) is 11.4. The van der Waals surface area contributed by atoms with Crippen LogP contribution < -0.4 is 4.74 Å². The molecule has 0 atom stereocenters. The predicted molar refractivity (Wildman–Crippen MR) is 83.7 cm³/mol. The van der Waals surface area contributed by atoms with E-state index in [9.17, 15) is 9.90 Å². The van der Waals surface area contributed by atoms with Crippen molar-refractivity contribution >= 4 is 11.5 Å². The summed E-state index contributed by atoms with van der Waals surface area (Å²) in [6.07, 6.45) is 6.31. The number of rotatable bonds is 4. The van der Waals surface area contributed by atoms with Crippen LogP contribution in [0, 0.1) is 19.8 Å². The van der Waals surface area contributed by atoms with Gasteiger partial charge in [-0.2, -0.15) is 9.61 Å². The van der Waals surface area contributed by atoms with Gasteiger partial charge in [-0.3, -0.25) is 0 Å². The standard InChI is InChI=1S/C17H22N2O3/c1-11-8-14-16(17(20)21)12(2)18-19(14)15(9-11)22-10-13-6-4-3-5-7-13/h8-9,13H,3-7,10H2,1-2H3,(H,20,21). The van der Waals surface area contributed by atoms with Crippen molar-refractivity contribution in [3.63, 3.8) is 0 Å². The monoisotopic (exact) mass is 302 g/mol. The Bertz CT molecular complexity index is 699. The van der Waals surface area contributed by atoms with Crippen LogP contribution in [0.1, 0.15) is 53.7 Å². The van der Waals surface area contributed by atoms with Crippen LogP contribution in [0.2, 0.25) is 0 Å². The van der Waals surface area contributed by atoms with E-state index in [-0.39, 0.29) is 5.56 Å². The summed E-state index contributed by atoms with van der Waals surface area (Å²) in [6.45, 7) is 4.35. The molecule has 22 heavy (non-hydrogen) atoms. The van der Waals surface area contributed by atoms with Crippen LogP contribution in [-0.2, 0) is 0 Å². The molecule has 0 saturated heterocycles. The minimum absolute atomic E-state index is 0.256. The number of carboxylic acids is 1. The van der Waals surface area contributed by atoms with Gasteiger partial charge in [-0.05, 0) is 44.2 Å². The molecule has 118 valence electrons. The van der Waals surface area contributed by atoms with Gasteiger partial charge in [0.15, 0.2) is 0 Å². The summed E-state index contributed by atoms with van der Waals surface area (Å²) in [7, 11) is 0. The molecule has 5 heteroatoms. The lowest BCUT2D eigenvalue weighted by atomic mass is 9.90. The molecule has 0 amide bonds. The third-order valence-corrected chi connectivity index (χ3v) is 4.43. The maximum absolute atomic E-state index is 11.4. The molecule has 0 radical (unpaired) electrons. The second-order valence-corrected chi connectivity index (χ2v) is 6.25. The number of pyridine rings is 1. The van der Waals surface area contributed by atoms with Crippen molar-refractivity contribution in [3.05, 3.63) is 29.0 Å². The fourth-order valence-electron chi connectivity index (χ4n) is 3.28. The van der Waals surface area contributed by atoms with E-state index in [1.54, 1.807) is 11.4 Å². The summed E-state index contributed by atoms with van der Waals surface area (Å²) in [5.41, 5.74) is 2.35. The Labute approximate surface area is 129 Å². The van der Waals surface area contributed by atoms with Crippen LogP contribution in [0.15, 0.2) is 12.1 Å². The smallest absolute Gasteiger partial charge is 0.339 e. The van der Waals surface area contributed by atoms with Crippen LogP contribution in [0.3, 0.4) is 0 Å². The Morgan fingerprint density at radius 3 is 2.73 bits per heavy atom. The van der Waals surface area contributed by atoms with Crippen molar-refractivity contribution in [2.75, 3.05) is 6.61 Å². The SMILES string of the molecule is Cc1cc(OCC2CCCCC2)n2nc(C)c(C(=O)O)c2c1. The van der Waals surface area contributed by atoms with E-state index in [2.05, 4.69) is 5.10 Å². The number of aromatic nitrogens is 2. The first-order chi connectivity index (χ1) is 10.6. The first-order valence-electron chi connectivity index (χ1n) is 7.92. The molecule has 3 rings (SSSR count). The summed E-state index contributed by atoms with van der Waals surface area (Å²) < 4.78 is 7.61. The third kappa shape index (κ3) is 2.80. The normalized spacial score (nSPS) is 16.1. The van der Waals surface area contributed by atoms with Crippen LogP contribution in [0.25, 0.3) is 5.52 Å². The van der Waals surface area contributed by atoms with Crippen molar-refractivity contribution in [2.24, 2.45) is 5.92 Å². The van der Waals surface area contributed by atoms with Gasteiger partial charge in [-0.25, -0.2) is 4.79 Å². The molecule has 1 fully saturated rings. The Kier molecular flexibility index (Phi) is 4.05. The summed E-state index contributed by atoms with van der Waals surface area (Å²) in [5.74, 6) is 0.285. The van der Waals surface area contributed by atoms with E-state index in [0.717, 1.165) is 5.56 Å². The molecule has 2 aromatic rings. The minimum Gasteiger partial charge on any atom is -0.478 e. The zero-order chi connectivity index (χ0) is 15.7. The van der Waals surface area contributed by atoms with Gasteiger partial charge in [0.05, 0.1) is 17.8 Å². The van der Waals surface area contributed by atoms with E-state index in [1.165, 1.54) is 32.1 Å². The number of fused-ring (bicyclic) bond motifs is 1. The van der Waals surface area contributed by atoms with E-state index < -0.39 is 5.97 Å². The fraction of sp³-hybridized carbons (Fsp3) is 0.529. The molecule has 0 unspecified atom stereocenters. The zero-order valence-electron chi connectivity index (χ0n) is 13.1. The maximum Gasteiger partial charge on any atom is 0.339 e. The van der Waals surface area contributed by atoms with E-state index in [4.69, 9.17) is 4.74 Å². The van der Waals surface area contributed by atoms with Crippen molar-refractivity contribution in [2.45, 2.75) is 46.0 Å². The molecule has 1 aliphatic rings. The number of aromatic carboxylic acids is 1. The number of hydrogen-bond donors (Lipinski definition) is 1. The highest BCUT2D eigenvalue weighted by atomic mass is 16.5. The molecule has 2 heterocycles. The van der Waals surface area contributed by atoms with Crippen molar-refractivity contribution in [3.8, 4) is 5.88 Å². The average Bonchev–Trinajstić information content (AvgIpc) is 2.82. The number of aryl methyl sites for hydroxylation is 2. The highest BCUT2D eigenvalue weighted by Crippen LogP contribution is 2.27.